The van der Waals surface area contributed by atoms with Crippen LogP contribution < -0.4 is 5.32 Å². The number of aromatic amines is 1. The molecule has 152 valence electrons. The van der Waals surface area contributed by atoms with Gasteiger partial charge >= 0.3 is 0 Å². The van der Waals surface area contributed by atoms with Crippen LogP contribution in [0.5, 0.6) is 0 Å². The highest BCUT2D eigenvalue weighted by Gasteiger charge is 2.25. The van der Waals surface area contributed by atoms with Crippen molar-refractivity contribution < 1.29 is 13.9 Å². The summed E-state index contributed by atoms with van der Waals surface area (Å²) in [7, 11) is 0. The van der Waals surface area contributed by atoms with Gasteiger partial charge in [0.25, 0.3) is 5.91 Å². The van der Waals surface area contributed by atoms with E-state index in [0.29, 0.717) is 42.1 Å². The number of anilines is 1. The van der Waals surface area contributed by atoms with Gasteiger partial charge in [0.1, 0.15) is 17.3 Å². The Bertz CT molecular complexity index is 1070. The second kappa shape index (κ2) is 7.35. The molecule has 29 heavy (non-hydrogen) atoms. The summed E-state index contributed by atoms with van der Waals surface area (Å²) >= 11 is 6.10. The van der Waals surface area contributed by atoms with Gasteiger partial charge in [-0.25, -0.2) is 4.39 Å². The van der Waals surface area contributed by atoms with Gasteiger partial charge in [-0.15, -0.1) is 0 Å². The van der Waals surface area contributed by atoms with Gasteiger partial charge in [-0.05, 0) is 24.6 Å². The molecule has 0 spiro atoms. The molecular weight excluding hydrogens is 397 g/mol. The SMILES string of the molecule is O=C(c1cc2c(Cl)cc(F)cc2[nH]1)N1CCn2nc(NCC3CCOC3)cc2C1. The Hall–Kier alpha value is -2.58. The molecule has 2 aromatic heterocycles. The summed E-state index contributed by atoms with van der Waals surface area (Å²) in [6, 6.07) is 6.27. The molecule has 2 aliphatic rings. The number of halogens is 2. The molecule has 0 aliphatic carbocycles. The van der Waals surface area contributed by atoms with Crippen LogP contribution in [0.3, 0.4) is 0 Å². The lowest BCUT2D eigenvalue weighted by molar-refractivity contribution is 0.0701. The van der Waals surface area contributed by atoms with Crippen molar-refractivity contribution in [1.29, 1.82) is 0 Å². The number of carbonyl (C=O) groups excluding carboxylic acids is 1. The summed E-state index contributed by atoms with van der Waals surface area (Å²) in [5.74, 6) is 0.775. The number of aromatic nitrogens is 3. The van der Waals surface area contributed by atoms with Crippen molar-refractivity contribution in [2.45, 2.75) is 19.5 Å². The lowest BCUT2D eigenvalue weighted by Crippen LogP contribution is -2.38. The van der Waals surface area contributed by atoms with E-state index in [2.05, 4.69) is 15.4 Å². The summed E-state index contributed by atoms with van der Waals surface area (Å²) in [5, 5.41) is 8.90. The molecule has 0 bridgehead atoms. The third-order valence-corrected chi connectivity index (χ3v) is 5.88. The molecule has 0 saturated carbocycles. The predicted molar refractivity (Wildman–Crippen MR) is 108 cm³/mol. The monoisotopic (exact) mass is 417 g/mol. The van der Waals surface area contributed by atoms with Gasteiger partial charge in [-0.2, -0.15) is 5.10 Å². The molecule has 7 nitrogen and oxygen atoms in total. The van der Waals surface area contributed by atoms with E-state index >= 15 is 0 Å². The fraction of sp³-hybridized carbons (Fsp3) is 0.400. The Kier molecular flexibility index (Phi) is 4.67. The minimum atomic E-state index is -0.436. The number of nitrogens with one attached hydrogen (secondary N) is 2. The number of carbonyl (C=O) groups is 1. The summed E-state index contributed by atoms with van der Waals surface area (Å²) < 4.78 is 20.9. The van der Waals surface area contributed by atoms with Gasteiger partial charge in [-0.1, -0.05) is 11.6 Å². The Morgan fingerprint density at radius 1 is 1.34 bits per heavy atom. The quantitative estimate of drug-likeness (QED) is 0.683. The van der Waals surface area contributed by atoms with E-state index in [1.807, 2.05) is 10.7 Å². The summed E-state index contributed by atoms with van der Waals surface area (Å²) in [6.07, 6.45) is 1.07. The lowest BCUT2D eigenvalue weighted by atomic mass is 10.1. The van der Waals surface area contributed by atoms with Crippen LogP contribution in [0, 0.1) is 11.7 Å². The van der Waals surface area contributed by atoms with Crippen LogP contribution in [0.25, 0.3) is 10.9 Å². The molecule has 1 atom stereocenters. The van der Waals surface area contributed by atoms with Gasteiger partial charge in [-0.3, -0.25) is 9.48 Å². The minimum absolute atomic E-state index is 0.136. The predicted octanol–water partition coefficient (Wildman–Crippen LogP) is 3.26. The largest absolute Gasteiger partial charge is 0.381 e. The number of fused-ring (bicyclic) bond motifs is 2. The maximum Gasteiger partial charge on any atom is 0.270 e. The Balaban J connectivity index is 1.30. The number of amides is 1. The zero-order valence-electron chi connectivity index (χ0n) is 15.8. The standard InChI is InChI=1S/C20H21ClFN5O2/c21-16-5-13(22)6-17-15(16)8-18(24-17)20(28)26-2-3-27-14(10-26)7-19(25-27)23-9-12-1-4-29-11-12/h5-8,12,24H,1-4,9-11H2,(H,23,25). The van der Waals surface area contributed by atoms with Gasteiger partial charge in [0.2, 0.25) is 0 Å². The summed E-state index contributed by atoms with van der Waals surface area (Å²) in [5.41, 5.74) is 1.90. The van der Waals surface area contributed by atoms with Gasteiger partial charge in [0, 0.05) is 37.1 Å². The summed E-state index contributed by atoms with van der Waals surface area (Å²) in [6.45, 7) is 4.12. The van der Waals surface area contributed by atoms with Crippen molar-refractivity contribution in [3.8, 4) is 0 Å². The highest BCUT2D eigenvalue weighted by molar-refractivity contribution is 6.35. The number of hydrogen-bond donors (Lipinski definition) is 2. The molecule has 5 rings (SSSR count). The van der Waals surface area contributed by atoms with Gasteiger partial charge in [0.15, 0.2) is 0 Å². The van der Waals surface area contributed by atoms with Crippen molar-refractivity contribution in [2.75, 3.05) is 31.6 Å². The normalized spacial score (nSPS) is 19.0. The van der Waals surface area contributed by atoms with Crippen LogP contribution in [-0.4, -0.2) is 51.9 Å². The fourth-order valence-electron chi connectivity index (χ4n) is 3.97. The zero-order chi connectivity index (χ0) is 20.0. The average Bonchev–Trinajstić information content (AvgIpc) is 3.43. The number of benzene rings is 1. The second-order valence-electron chi connectivity index (χ2n) is 7.61. The average molecular weight is 418 g/mol. The van der Waals surface area contributed by atoms with Crippen molar-refractivity contribution in [3.05, 3.63) is 46.5 Å². The highest BCUT2D eigenvalue weighted by atomic mass is 35.5. The van der Waals surface area contributed by atoms with Crippen LogP contribution in [0.1, 0.15) is 22.6 Å². The molecule has 1 saturated heterocycles. The molecule has 1 fully saturated rings. The number of nitrogens with zero attached hydrogens (tertiary/aromatic N) is 3. The molecule has 1 unspecified atom stereocenters. The van der Waals surface area contributed by atoms with Crippen LogP contribution in [0.4, 0.5) is 10.2 Å². The van der Waals surface area contributed by atoms with Crippen molar-refractivity contribution in [1.82, 2.24) is 19.7 Å². The third kappa shape index (κ3) is 3.58. The highest BCUT2D eigenvalue weighted by Crippen LogP contribution is 2.27. The first kappa shape index (κ1) is 18.4. The molecule has 1 amide bonds. The number of hydrogen-bond acceptors (Lipinski definition) is 4. The minimum Gasteiger partial charge on any atom is -0.381 e. The smallest absolute Gasteiger partial charge is 0.270 e. The number of ether oxygens (including phenoxy) is 1. The fourth-order valence-corrected chi connectivity index (χ4v) is 4.23. The Morgan fingerprint density at radius 2 is 2.24 bits per heavy atom. The molecule has 9 heteroatoms. The lowest BCUT2D eigenvalue weighted by Gasteiger charge is -2.27. The first-order chi connectivity index (χ1) is 14.1. The molecule has 0 radical (unpaired) electrons. The van der Waals surface area contributed by atoms with Crippen LogP contribution >= 0.6 is 11.6 Å². The van der Waals surface area contributed by atoms with Gasteiger partial charge in [0.05, 0.1) is 35.9 Å². The van der Waals surface area contributed by atoms with Crippen molar-refractivity contribution in [2.24, 2.45) is 5.92 Å². The van der Waals surface area contributed by atoms with Crippen molar-refractivity contribution >= 4 is 34.2 Å². The molecule has 2 N–H and O–H groups in total. The zero-order valence-corrected chi connectivity index (χ0v) is 16.5. The van der Waals surface area contributed by atoms with Crippen molar-refractivity contribution in [3.63, 3.8) is 0 Å². The maximum atomic E-state index is 13.6. The third-order valence-electron chi connectivity index (χ3n) is 5.56. The summed E-state index contributed by atoms with van der Waals surface area (Å²) in [4.78, 5) is 17.7. The van der Waals surface area contributed by atoms with E-state index in [0.717, 1.165) is 37.7 Å². The van der Waals surface area contributed by atoms with Crippen LogP contribution in [0.2, 0.25) is 5.02 Å². The second-order valence-corrected chi connectivity index (χ2v) is 8.02. The topological polar surface area (TPSA) is 75.2 Å². The van der Waals surface area contributed by atoms with E-state index in [1.165, 1.54) is 12.1 Å². The van der Waals surface area contributed by atoms with Gasteiger partial charge < -0.3 is 19.9 Å². The van der Waals surface area contributed by atoms with E-state index < -0.39 is 5.82 Å². The van der Waals surface area contributed by atoms with E-state index in [1.54, 1.807) is 11.0 Å². The van der Waals surface area contributed by atoms with Crippen LogP contribution in [-0.2, 0) is 17.8 Å². The molecule has 4 heterocycles. The van der Waals surface area contributed by atoms with Crippen LogP contribution in [0.15, 0.2) is 24.3 Å². The first-order valence-electron chi connectivity index (χ1n) is 9.72. The Morgan fingerprint density at radius 3 is 3.07 bits per heavy atom. The molecule has 1 aromatic carbocycles. The van der Waals surface area contributed by atoms with E-state index in [9.17, 15) is 9.18 Å². The maximum absolute atomic E-state index is 13.6. The number of rotatable bonds is 4. The van der Waals surface area contributed by atoms with E-state index in [4.69, 9.17) is 16.3 Å². The number of H-pyrrole nitrogens is 1. The van der Waals surface area contributed by atoms with E-state index in [-0.39, 0.29) is 10.9 Å². The molecule has 3 aromatic rings. The molecular formula is C20H21ClFN5O2. The Labute approximate surface area is 171 Å². The first-order valence-corrected chi connectivity index (χ1v) is 10.1. The molecule has 2 aliphatic heterocycles.